The molecule has 0 bridgehead atoms. The van der Waals surface area contributed by atoms with Crippen molar-refractivity contribution in [2.45, 2.75) is 6.54 Å². The van der Waals surface area contributed by atoms with Crippen LogP contribution < -0.4 is 5.43 Å². The summed E-state index contributed by atoms with van der Waals surface area (Å²) in [5.74, 6) is -2.29. The first-order chi connectivity index (χ1) is 9.31. The molecule has 0 amide bonds. The van der Waals surface area contributed by atoms with Gasteiger partial charge < -0.3 is 19.9 Å². The van der Waals surface area contributed by atoms with Gasteiger partial charge in [0.15, 0.2) is 11.5 Å². The van der Waals surface area contributed by atoms with Gasteiger partial charge in [-0.25, -0.2) is 0 Å². The predicted molar refractivity (Wildman–Crippen MR) is 69.4 cm³/mol. The number of aromatic nitrogens is 1. The smallest absolute Gasteiger partial charge is 0.323 e. The van der Waals surface area contributed by atoms with E-state index < -0.39 is 40.2 Å². The zero-order valence-corrected chi connectivity index (χ0v) is 10.6. The minimum Gasteiger partial charge on any atom is -0.504 e. The average Bonchev–Trinajstić information content (AvgIpc) is 2.34. The van der Waals surface area contributed by atoms with Gasteiger partial charge in [0.1, 0.15) is 6.54 Å². The summed E-state index contributed by atoms with van der Waals surface area (Å²) in [5, 5.41) is 26.5. The van der Waals surface area contributed by atoms with Gasteiger partial charge in [0.2, 0.25) is 5.43 Å². The molecular formula is C12H8ClNO6. The lowest BCUT2D eigenvalue weighted by atomic mass is 10.1. The number of fused-ring (bicyclic) bond motifs is 1. The number of carbonyl (C=O) groups is 2. The highest BCUT2D eigenvalue weighted by Crippen LogP contribution is 2.29. The molecule has 0 saturated carbocycles. The second-order valence-corrected chi connectivity index (χ2v) is 4.37. The van der Waals surface area contributed by atoms with Crippen molar-refractivity contribution >= 4 is 33.7 Å². The van der Waals surface area contributed by atoms with Crippen LogP contribution >= 0.6 is 11.6 Å². The van der Waals surface area contributed by atoms with E-state index in [9.17, 15) is 24.6 Å². The Balaban J connectivity index is 2.92. The van der Waals surface area contributed by atoms with E-state index >= 15 is 0 Å². The average molecular weight is 298 g/mol. The molecule has 20 heavy (non-hydrogen) atoms. The lowest BCUT2D eigenvalue weighted by molar-refractivity contribution is -0.137. The minimum absolute atomic E-state index is 0.0642. The zero-order chi connectivity index (χ0) is 15.0. The molecule has 1 heterocycles. The summed E-state index contributed by atoms with van der Waals surface area (Å²) in [6, 6.07) is 1.99. The molecule has 0 spiro atoms. The third-order valence-corrected chi connectivity index (χ3v) is 2.90. The Morgan fingerprint density at radius 2 is 1.80 bits per heavy atom. The summed E-state index contributed by atoms with van der Waals surface area (Å²) in [6.45, 7) is -0.543. The molecule has 104 valence electrons. The summed E-state index contributed by atoms with van der Waals surface area (Å²) >= 11 is 5.28. The van der Waals surface area contributed by atoms with Gasteiger partial charge in [0.05, 0.1) is 16.5 Å². The SMILES string of the molecule is O=C(O)Cn1cc(C(=O)Cl)c(=O)c2cc(O)c(O)cc21. The van der Waals surface area contributed by atoms with Crippen LogP contribution in [0.4, 0.5) is 0 Å². The molecular weight excluding hydrogens is 290 g/mol. The van der Waals surface area contributed by atoms with Crippen molar-refractivity contribution in [3.63, 3.8) is 0 Å². The van der Waals surface area contributed by atoms with Crippen LogP contribution in [-0.4, -0.2) is 31.1 Å². The number of aliphatic carboxylic acids is 1. The molecule has 1 aromatic carbocycles. The Morgan fingerprint density at radius 1 is 1.20 bits per heavy atom. The number of phenolic OH excluding ortho intramolecular Hbond substituents is 2. The van der Waals surface area contributed by atoms with E-state index in [1.807, 2.05) is 0 Å². The van der Waals surface area contributed by atoms with Gasteiger partial charge in [-0.15, -0.1) is 0 Å². The number of carboxylic acid groups (broad SMARTS) is 1. The molecule has 2 aromatic rings. The number of pyridine rings is 1. The molecule has 0 aliphatic carbocycles. The van der Waals surface area contributed by atoms with E-state index in [1.54, 1.807) is 0 Å². The van der Waals surface area contributed by atoms with Gasteiger partial charge in [-0.2, -0.15) is 0 Å². The Bertz CT molecular complexity index is 795. The maximum Gasteiger partial charge on any atom is 0.323 e. The fraction of sp³-hybridized carbons (Fsp3) is 0.0833. The van der Waals surface area contributed by atoms with Crippen LogP contribution in [0.2, 0.25) is 0 Å². The summed E-state index contributed by atoms with van der Waals surface area (Å²) in [7, 11) is 0. The molecule has 0 fully saturated rings. The lowest BCUT2D eigenvalue weighted by Gasteiger charge is -2.11. The molecule has 0 unspecified atom stereocenters. The molecule has 0 saturated heterocycles. The van der Waals surface area contributed by atoms with Gasteiger partial charge in [0.25, 0.3) is 5.24 Å². The maximum atomic E-state index is 12.0. The van der Waals surface area contributed by atoms with Crippen LogP contribution in [0.25, 0.3) is 10.9 Å². The Hall–Kier alpha value is -2.54. The largest absolute Gasteiger partial charge is 0.504 e. The lowest BCUT2D eigenvalue weighted by Crippen LogP contribution is -2.19. The monoisotopic (exact) mass is 297 g/mol. The van der Waals surface area contributed by atoms with Gasteiger partial charge in [-0.05, 0) is 17.7 Å². The van der Waals surface area contributed by atoms with Crippen LogP contribution in [0.1, 0.15) is 10.4 Å². The van der Waals surface area contributed by atoms with Crippen LogP contribution in [0.3, 0.4) is 0 Å². The number of hydrogen-bond acceptors (Lipinski definition) is 5. The maximum absolute atomic E-state index is 12.0. The topological polar surface area (TPSA) is 117 Å². The van der Waals surface area contributed by atoms with Gasteiger partial charge in [-0.1, -0.05) is 0 Å². The minimum atomic E-state index is -1.21. The summed E-state index contributed by atoms with van der Waals surface area (Å²) in [4.78, 5) is 34.0. The first-order valence-electron chi connectivity index (χ1n) is 5.32. The highest BCUT2D eigenvalue weighted by atomic mass is 35.5. The van der Waals surface area contributed by atoms with Gasteiger partial charge in [-0.3, -0.25) is 14.4 Å². The number of hydrogen-bond donors (Lipinski definition) is 3. The van der Waals surface area contributed by atoms with E-state index in [0.29, 0.717) is 0 Å². The summed E-state index contributed by atoms with van der Waals surface area (Å²) in [5.41, 5.74) is -1.10. The van der Waals surface area contributed by atoms with Gasteiger partial charge >= 0.3 is 5.97 Å². The zero-order valence-electron chi connectivity index (χ0n) is 9.83. The summed E-state index contributed by atoms with van der Waals surface area (Å²) in [6.07, 6.45) is 1.00. The number of halogens is 1. The number of aromatic hydroxyl groups is 2. The number of carbonyl (C=O) groups excluding carboxylic acids is 1. The molecule has 1 aromatic heterocycles. The van der Waals surface area contributed by atoms with Crippen molar-refractivity contribution in [1.29, 1.82) is 0 Å². The Kier molecular flexibility index (Phi) is 3.37. The van der Waals surface area contributed by atoms with Crippen molar-refractivity contribution in [2.75, 3.05) is 0 Å². The first-order valence-corrected chi connectivity index (χ1v) is 5.70. The number of rotatable bonds is 3. The normalized spacial score (nSPS) is 10.7. The molecule has 0 radical (unpaired) electrons. The standard InChI is InChI=1S/C12H8ClNO6/c13-12(20)6-3-14(4-10(17)18)7-2-9(16)8(15)1-5(7)11(6)19/h1-3,15-16H,4H2,(H,17,18). The third kappa shape index (κ3) is 2.30. The fourth-order valence-corrected chi connectivity index (χ4v) is 1.97. The van der Waals surface area contributed by atoms with E-state index in [0.717, 1.165) is 22.9 Å². The number of benzene rings is 1. The molecule has 8 heteroatoms. The molecule has 0 atom stereocenters. The van der Waals surface area contributed by atoms with Gasteiger partial charge in [0, 0.05) is 12.3 Å². The second kappa shape index (κ2) is 4.86. The van der Waals surface area contributed by atoms with E-state index in [2.05, 4.69) is 0 Å². The van der Waals surface area contributed by atoms with E-state index in [4.69, 9.17) is 16.7 Å². The van der Waals surface area contributed by atoms with Crippen LogP contribution in [0, 0.1) is 0 Å². The quantitative estimate of drug-likeness (QED) is 0.572. The Labute approximate surface area is 116 Å². The predicted octanol–water partition coefficient (Wildman–Crippen LogP) is 0.876. The first kappa shape index (κ1) is 13.9. The van der Waals surface area contributed by atoms with Crippen molar-refractivity contribution < 1.29 is 24.9 Å². The molecule has 2 rings (SSSR count). The highest BCUT2D eigenvalue weighted by molar-refractivity contribution is 6.67. The Morgan fingerprint density at radius 3 is 2.35 bits per heavy atom. The molecule has 3 N–H and O–H groups in total. The van der Waals surface area contributed by atoms with Crippen molar-refractivity contribution in [2.24, 2.45) is 0 Å². The van der Waals surface area contributed by atoms with Crippen LogP contribution in [0.15, 0.2) is 23.1 Å². The number of phenols is 2. The van der Waals surface area contributed by atoms with Crippen molar-refractivity contribution in [3.05, 3.63) is 34.1 Å². The van der Waals surface area contributed by atoms with E-state index in [-0.39, 0.29) is 10.9 Å². The number of carboxylic acids is 1. The molecule has 0 aliphatic rings. The third-order valence-electron chi connectivity index (χ3n) is 2.69. The highest BCUT2D eigenvalue weighted by Gasteiger charge is 2.17. The number of nitrogens with zero attached hydrogens (tertiary/aromatic N) is 1. The van der Waals surface area contributed by atoms with Crippen LogP contribution in [0.5, 0.6) is 11.5 Å². The van der Waals surface area contributed by atoms with Crippen molar-refractivity contribution in [1.82, 2.24) is 4.57 Å². The van der Waals surface area contributed by atoms with E-state index in [1.165, 1.54) is 0 Å². The second-order valence-electron chi connectivity index (χ2n) is 4.03. The van der Waals surface area contributed by atoms with Crippen LogP contribution in [-0.2, 0) is 11.3 Å². The fourth-order valence-electron chi connectivity index (χ4n) is 1.83. The molecule has 7 nitrogen and oxygen atoms in total. The molecule has 0 aliphatic heterocycles. The summed E-state index contributed by atoms with van der Waals surface area (Å²) < 4.78 is 1.08. The van der Waals surface area contributed by atoms with Crippen molar-refractivity contribution in [3.8, 4) is 11.5 Å².